The lowest BCUT2D eigenvalue weighted by Gasteiger charge is -2.32. The Bertz CT molecular complexity index is 553. The van der Waals surface area contributed by atoms with Crippen LogP contribution in [0.3, 0.4) is 0 Å². The van der Waals surface area contributed by atoms with Gasteiger partial charge >= 0.3 is 0 Å². The van der Waals surface area contributed by atoms with Crippen LogP contribution in [0.1, 0.15) is 43.6 Å². The van der Waals surface area contributed by atoms with E-state index in [0.717, 1.165) is 41.8 Å². The van der Waals surface area contributed by atoms with Gasteiger partial charge in [-0.05, 0) is 31.4 Å². The number of hydrogen-bond donors (Lipinski definition) is 1. The summed E-state index contributed by atoms with van der Waals surface area (Å²) in [4.78, 5) is 4.60. The Morgan fingerprint density at radius 1 is 1.28 bits per heavy atom. The molecule has 1 heterocycles. The molecule has 18 heavy (non-hydrogen) atoms. The van der Waals surface area contributed by atoms with Crippen molar-refractivity contribution in [3.63, 3.8) is 0 Å². The molecular formula is C15H20N2O. The lowest BCUT2D eigenvalue weighted by Crippen LogP contribution is -2.43. The molecule has 1 aliphatic carbocycles. The molecule has 0 radical (unpaired) electrons. The molecule has 1 fully saturated rings. The highest BCUT2D eigenvalue weighted by Gasteiger charge is 2.29. The summed E-state index contributed by atoms with van der Waals surface area (Å²) in [6.07, 6.45) is 6.72. The molecule has 3 nitrogen and oxygen atoms in total. The van der Waals surface area contributed by atoms with Crippen LogP contribution in [-0.4, -0.2) is 10.5 Å². The number of nitrogens with two attached hydrogens (primary N) is 1. The monoisotopic (exact) mass is 244 g/mol. The van der Waals surface area contributed by atoms with Gasteiger partial charge in [0.2, 0.25) is 0 Å². The second-order valence-electron chi connectivity index (χ2n) is 5.63. The number of hydrogen-bond acceptors (Lipinski definition) is 3. The van der Waals surface area contributed by atoms with E-state index in [-0.39, 0.29) is 5.54 Å². The van der Waals surface area contributed by atoms with E-state index in [2.05, 4.69) is 18.0 Å². The van der Waals surface area contributed by atoms with Crippen LogP contribution in [0, 0.1) is 6.92 Å². The van der Waals surface area contributed by atoms with Gasteiger partial charge in [0.15, 0.2) is 11.5 Å². The second-order valence-corrected chi connectivity index (χ2v) is 5.63. The number of aromatic nitrogens is 1. The zero-order valence-corrected chi connectivity index (χ0v) is 10.9. The third-order valence-electron chi connectivity index (χ3n) is 4.02. The minimum absolute atomic E-state index is 0.104. The van der Waals surface area contributed by atoms with Crippen LogP contribution in [0.25, 0.3) is 11.1 Å². The topological polar surface area (TPSA) is 52.0 Å². The number of aryl methyl sites for hydroxylation is 1. The van der Waals surface area contributed by atoms with Crippen molar-refractivity contribution in [1.29, 1.82) is 0 Å². The molecule has 0 unspecified atom stereocenters. The van der Waals surface area contributed by atoms with Gasteiger partial charge in [-0.2, -0.15) is 0 Å². The van der Waals surface area contributed by atoms with Crippen molar-refractivity contribution in [3.8, 4) is 0 Å². The van der Waals surface area contributed by atoms with Crippen molar-refractivity contribution in [1.82, 2.24) is 4.98 Å². The highest BCUT2D eigenvalue weighted by Crippen LogP contribution is 2.30. The van der Waals surface area contributed by atoms with Crippen LogP contribution in [0.15, 0.2) is 22.6 Å². The number of benzene rings is 1. The fourth-order valence-corrected chi connectivity index (χ4v) is 2.94. The summed E-state index contributed by atoms with van der Waals surface area (Å²) in [5.74, 6) is 0.795. The molecule has 0 bridgehead atoms. The highest BCUT2D eigenvalue weighted by molar-refractivity contribution is 5.76. The van der Waals surface area contributed by atoms with Crippen molar-refractivity contribution < 1.29 is 4.42 Å². The van der Waals surface area contributed by atoms with E-state index in [4.69, 9.17) is 10.2 Å². The molecule has 2 aromatic rings. The van der Waals surface area contributed by atoms with Gasteiger partial charge in [-0.1, -0.05) is 31.4 Å². The predicted octanol–water partition coefficient (Wildman–Crippen LogP) is 3.34. The van der Waals surface area contributed by atoms with Crippen LogP contribution >= 0.6 is 0 Å². The van der Waals surface area contributed by atoms with E-state index in [0.29, 0.717) is 0 Å². The third kappa shape index (κ3) is 2.15. The van der Waals surface area contributed by atoms with E-state index in [9.17, 15) is 0 Å². The molecule has 0 saturated heterocycles. The maximum atomic E-state index is 6.45. The van der Waals surface area contributed by atoms with Crippen LogP contribution < -0.4 is 5.73 Å². The summed E-state index contributed by atoms with van der Waals surface area (Å²) >= 11 is 0. The fourth-order valence-electron chi connectivity index (χ4n) is 2.94. The molecule has 3 rings (SSSR count). The molecule has 3 heteroatoms. The van der Waals surface area contributed by atoms with Gasteiger partial charge in [0.1, 0.15) is 5.52 Å². The SMILES string of the molecule is Cc1cccc2oc(CC3(N)CCCCC3)nc12. The van der Waals surface area contributed by atoms with Gasteiger partial charge in [0.05, 0.1) is 0 Å². The molecule has 1 aromatic carbocycles. The van der Waals surface area contributed by atoms with Gasteiger partial charge in [-0.3, -0.25) is 0 Å². The predicted molar refractivity (Wildman–Crippen MR) is 72.5 cm³/mol. The zero-order chi connectivity index (χ0) is 12.6. The summed E-state index contributed by atoms with van der Waals surface area (Å²) in [7, 11) is 0. The second kappa shape index (κ2) is 4.39. The van der Waals surface area contributed by atoms with Crippen LogP contribution in [0.4, 0.5) is 0 Å². The summed E-state index contributed by atoms with van der Waals surface area (Å²) in [5, 5.41) is 0. The maximum Gasteiger partial charge on any atom is 0.197 e. The van der Waals surface area contributed by atoms with Crippen molar-refractivity contribution in [2.45, 2.75) is 51.0 Å². The molecule has 1 saturated carbocycles. The summed E-state index contributed by atoms with van der Waals surface area (Å²) in [5.41, 5.74) is 9.37. The Labute approximate surface area is 107 Å². The minimum Gasteiger partial charge on any atom is -0.441 e. The van der Waals surface area contributed by atoms with Gasteiger partial charge < -0.3 is 10.2 Å². The molecular weight excluding hydrogens is 224 g/mol. The quantitative estimate of drug-likeness (QED) is 0.881. The fraction of sp³-hybridized carbons (Fsp3) is 0.533. The summed E-state index contributed by atoms with van der Waals surface area (Å²) in [6, 6.07) is 6.04. The van der Waals surface area contributed by atoms with Crippen molar-refractivity contribution in [2.75, 3.05) is 0 Å². The van der Waals surface area contributed by atoms with Crippen molar-refractivity contribution in [2.24, 2.45) is 5.73 Å². The molecule has 2 N–H and O–H groups in total. The maximum absolute atomic E-state index is 6.45. The smallest absolute Gasteiger partial charge is 0.197 e. The average molecular weight is 244 g/mol. The number of oxazole rings is 1. The Morgan fingerprint density at radius 2 is 2.06 bits per heavy atom. The molecule has 0 atom stereocenters. The van der Waals surface area contributed by atoms with Gasteiger partial charge in [0, 0.05) is 12.0 Å². The molecule has 96 valence electrons. The summed E-state index contributed by atoms with van der Waals surface area (Å²) in [6.45, 7) is 2.06. The zero-order valence-electron chi connectivity index (χ0n) is 10.9. The van der Waals surface area contributed by atoms with Crippen molar-refractivity contribution in [3.05, 3.63) is 29.7 Å². The lowest BCUT2D eigenvalue weighted by atomic mass is 9.80. The van der Waals surface area contributed by atoms with Crippen LogP contribution in [0.2, 0.25) is 0 Å². The Kier molecular flexibility index (Phi) is 2.86. The lowest BCUT2D eigenvalue weighted by molar-refractivity contribution is 0.276. The van der Waals surface area contributed by atoms with Crippen molar-refractivity contribution >= 4 is 11.1 Å². The normalized spacial score (nSPS) is 19.2. The Morgan fingerprint density at radius 3 is 2.78 bits per heavy atom. The third-order valence-corrected chi connectivity index (χ3v) is 4.02. The van der Waals surface area contributed by atoms with Crippen LogP contribution in [0.5, 0.6) is 0 Å². The molecule has 0 spiro atoms. The van der Waals surface area contributed by atoms with Gasteiger partial charge in [0.25, 0.3) is 0 Å². The molecule has 0 aliphatic heterocycles. The van der Waals surface area contributed by atoms with E-state index in [1.165, 1.54) is 19.3 Å². The standard InChI is InChI=1S/C15H20N2O/c1-11-6-5-7-12-14(11)17-13(18-12)10-15(16)8-3-2-4-9-15/h5-7H,2-4,8-10,16H2,1H3. The van der Waals surface area contributed by atoms with E-state index in [1.54, 1.807) is 0 Å². The number of rotatable bonds is 2. The molecule has 1 aliphatic rings. The first-order valence-electron chi connectivity index (χ1n) is 6.80. The number of para-hydroxylation sites is 1. The van der Waals surface area contributed by atoms with Gasteiger partial charge in [-0.25, -0.2) is 4.98 Å². The first-order chi connectivity index (χ1) is 8.66. The van der Waals surface area contributed by atoms with Gasteiger partial charge in [-0.15, -0.1) is 0 Å². The van der Waals surface area contributed by atoms with E-state index < -0.39 is 0 Å². The molecule has 1 aromatic heterocycles. The minimum atomic E-state index is -0.104. The van der Waals surface area contributed by atoms with E-state index in [1.807, 2.05) is 12.1 Å². The number of nitrogens with zero attached hydrogens (tertiary/aromatic N) is 1. The first-order valence-corrected chi connectivity index (χ1v) is 6.80. The first kappa shape index (κ1) is 11.7. The van der Waals surface area contributed by atoms with Crippen LogP contribution in [-0.2, 0) is 6.42 Å². The average Bonchev–Trinajstić information content (AvgIpc) is 2.73. The largest absolute Gasteiger partial charge is 0.441 e. The highest BCUT2D eigenvalue weighted by atomic mass is 16.3. The Hall–Kier alpha value is -1.35. The summed E-state index contributed by atoms with van der Waals surface area (Å²) < 4.78 is 5.83. The van der Waals surface area contributed by atoms with E-state index >= 15 is 0 Å². The molecule has 0 amide bonds. The number of fused-ring (bicyclic) bond motifs is 1. The Balaban J connectivity index is 1.88.